The van der Waals surface area contributed by atoms with E-state index in [1.165, 1.54) is 0 Å². The minimum absolute atomic E-state index is 0.00410. The van der Waals surface area contributed by atoms with Gasteiger partial charge in [-0.15, -0.1) is 0 Å². The quantitative estimate of drug-likeness (QED) is 0.769. The van der Waals surface area contributed by atoms with Crippen molar-refractivity contribution in [2.45, 2.75) is 51.0 Å². The van der Waals surface area contributed by atoms with Crippen LogP contribution < -0.4 is 0 Å². The molecule has 0 saturated heterocycles. The van der Waals surface area contributed by atoms with Crippen molar-refractivity contribution in [3.8, 4) is 5.75 Å². The number of aromatic hydroxyl groups is 1. The van der Waals surface area contributed by atoms with Gasteiger partial charge in [0.05, 0.1) is 6.10 Å². The summed E-state index contributed by atoms with van der Waals surface area (Å²) in [6.07, 6.45) is 4.36. The van der Waals surface area contributed by atoms with Crippen LogP contribution in [-0.2, 0) is 0 Å². The van der Waals surface area contributed by atoms with Crippen molar-refractivity contribution in [1.82, 2.24) is 0 Å². The van der Waals surface area contributed by atoms with Crippen molar-refractivity contribution in [2.75, 3.05) is 0 Å². The van der Waals surface area contributed by atoms with E-state index in [1.54, 1.807) is 12.1 Å². The van der Waals surface area contributed by atoms with Crippen LogP contribution in [0.5, 0.6) is 5.75 Å². The van der Waals surface area contributed by atoms with E-state index in [0.29, 0.717) is 24.2 Å². The first-order chi connectivity index (χ1) is 10.0. The zero-order valence-corrected chi connectivity index (χ0v) is 12.4. The molecule has 0 aliphatic heterocycles. The molecule has 3 aliphatic rings. The SMILES string of the molecule is C[C@]12CCC3c4ccc(O)cc4C(=O)CC3C1CC[C@@H]2O. The number of ketones is 1. The number of phenols is 1. The first-order valence-electron chi connectivity index (χ1n) is 8.05. The second-order valence-electron chi connectivity index (χ2n) is 7.41. The van der Waals surface area contributed by atoms with Gasteiger partial charge >= 0.3 is 0 Å². The summed E-state index contributed by atoms with van der Waals surface area (Å²) in [5.41, 5.74) is 1.84. The Balaban J connectivity index is 1.77. The van der Waals surface area contributed by atoms with Crippen molar-refractivity contribution in [2.24, 2.45) is 17.3 Å². The van der Waals surface area contributed by atoms with Crippen LogP contribution in [0.2, 0.25) is 0 Å². The Bertz CT molecular complexity index is 608. The number of fused-ring (bicyclic) bond motifs is 5. The Morgan fingerprint density at radius 1 is 1.24 bits per heavy atom. The van der Waals surface area contributed by atoms with Crippen LogP contribution in [0.15, 0.2) is 18.2 Å². The van der Waals surface area contributed by atoms with Gasteiger partial charge in [0, 0.05) is 12.0 Å². The average Bonchev–Trinajstić information content (AvgIpc) is 2.76. The zero-order chi connectivity index (χ0) is 14.8. The maximum Gasteiger partial charge on any atom is 0.163 e. The summed E-state index contributed by atoms with van der Waals surface area (Å²) in [5, 5.41) is 20.0. The average molecular weight is 286 g/mol. The summed E-state index contributed by atoms with van der Waals surface area (Å²) < 4.78 is 0. The number of hydrogen-bond acceptors (Lipinski definition) is 3. The first-order valence-corrected chi connectivity index (χ1v) is 8.05. The zero-order valence-electron chi connectivity index (χ0n) is 12.4. The second-order valence-corrected chi connectivity index (χ2v) is 7.41. The van der Waals surface area contributed by atoms with Crippen molar-refractivity contribution >= 4 is 5.78 Å². The minimum Gasteiger partial charge on any atom is -0.508 e. The van der Waals surface area contributed by atoms with Crippen LogP contribution in [0.25, 0.3) is 0 Å². The van der Waals surface area contributed by atoms with Crippen LogP contribution in [0.1, 0.15) is 60.9 Å². The molecule has 0 radical (unpaired) electrons. The smallest absolute Gasteiger partial charge is 0.163 e. The van der Waals surface area contributed by atoms with Crippen LogP contribution in [0.4, 0.5) is 0 Å². The molecule has 112 valence electrons. The summed E-state index contributed by atoms with van der Waals surface area (Å²) in [6, 6.07) is 5.27. The predicted molar refractivity (Wildman–Crippen MR) is 79.4 cm³/mol. The van der Waals surface area contributed by atoms with E-state index >= 15 is 0 Å². The van der Waals surface area contributed by atoms with E-state index in [-0.39, 0.29) is 23.1 Å². The maximum atomic E-state index is 12.5. The summed E-state index contributed by atoms with van der Waals surface area (Å²) in [4.78, 5) is 12.5. The van der Waals surface area contributed by atoms with Gasteiger partial charge in [-0.1, -0.05) is 13.0 Å². The van der Waals surface area contributed by atoms with Crippen molar-refractivity contribution in [1.29, 1.82) is 0 Å². The molecule has 0 bridgehead atoms. The number of aliphatic hydroxyl groups excluding tert-OH is 1. The Labute approximate surface area is 125 Å². The van der Waals surface area contributed by atoms with E-state index in [2.05, 4.69) is 6.92 Å². The molecule has 3 nitrogen and oxygen atoms in total. The molecule has 3 heteroatoms. The van der Waals surface area contributed by atoms with Crippen LogP contribution in [-0.4, -0.2) is 22.1 Å². The summed E-state index contributed by atoms with van der Waals surface area (Å²) in [7, 11) is 0. The van der Waals surface area contributed by atoms with Gasteiger partial charge in [0.2, 0.25) is 0 Å². The lowest BCUT2D eigenvalue weighted by Gasteiger charge is -2.49. The highest BCUT2D eigenvalue weighted by Crippen LogP contribution is 2.60. The number of carbonyl (C=O) groups is 1. The first kappa shape index (κ1) is 13.3. The molecule has 1 aromatic carbocycles. The van der Waals surface area contributed by atoms with Gasteiger partial charge in [0.1, 0.15) is 5.75 Å². The monoisotopic (exact) mass is 286 g/mol. The number of hydrogen-bond donors (Lipinski definition) is 2. The fraction of sp³-hybridized carbons (Fsp3) is 0.611. The molecular weight excluding hydrogens is 264 g/mol. The van der Waals surface area contributed by atoms with Gasteiger partial charge in [0.15, 0.2) is 5.78 Å². The van der Waals surface area contributed by atoms with E-state index < -0.39 is 0 Å². The largest absolute Gasteiger partial charge is 0.508 e. The summed E-state index contributed by atoms with van der Waals surface area (Å²) >= 11 is 0. The second kappa shape index (κ2) is 4.33. The Morgan fingerprint density at radius 3 is 2.86 bits per heavy atom. The van der Waals surface area contributed by atoms with Gasteiger partial charge < -0.3 is 10.2 Å². The molecular formula is C18H22O3. The third-order valence-corrected chi connectivity index (χ3v) is 6.54. The highest BCUT2D eigenvalue weighted by atomic mass is 16.3. The predicted octanol–water partition coefficient (Wildman–Crippen LogP) is 3.25. The molecule has 0 aromatic heterocycles. The van der Waals surface area contributed by atoms with Crippen LogP contribution in [0, 0.1) is 17.3 Å². The summed E-state index contributed by atoms with van der Waals surface area (Å²) in [6.45, 7) is 2.21. The molecule has 5 atom stereocenters. The van der Waals surface area contributed by atoms with Crippen molar-refractivity contribution in [3.63, 3.8) is 0 Å². The minimum atomic E-state index is -0.209. The Morgan fingerprint density at radius 2 is 2.05 bits per heavy atom. The van der Waals surface area contributed by atoms with Crippen molar-refractivity contribution < 1.29 is 15.0 Å². The third-order valence-electron chi connectivity index (χ3n) is 6.54. The lowest BCUT2D eigenvalue weighted by atomic mass is 9.55. The fourth-order valence-electron chi connectivity index (χ4n) is 5.36. The van der Waals surface area contributed by atoms with Gasteiger partial charge in [-0.2, -0.15) is 0 Å². The van der Waals surface area contributed by atoms with Crippen LogP contribution >= 0.6 is 0 Å². The number of aliphatic hydroxyl groups is 1. The van der Waals surface area contributed by atoms with Gasteiger partial charge in [-0.25, -0.2) is 0 Å². The van der Waals surface area contributed by atoms with E-state index in [0.717, 1.165) is 36.8 Å². The Kier molecular flexibility index (Phi) is 2.74. The molecule has 2 saturated carbocycles. The molecule has 2 N–H and O–H groups in total. The van der Waals surface area contributed by atoms with Crippen LogP contribution in [0.3, 0.4) is 0 Å². The van der Waals surface area contributed by atoms with Gasteiger partial charge in [-0.3, -0.25) is 4.79 Å². The number of phenolic OH excluding ortho intramolecular Hbond substituents is 1. The van der Waals surface area contributed by atoms with Crippen molar-refractivity contribution in [3.05, 3.63) is 29.3 Å². The lowest BCUT2D eigenvalue weighted by molar-refractivity contribution is -0.0208. The molecule has 0 spiro atoms. The normalized spacial score (nSPS) is 41.3. The summed E-state index contributed by atoms with van der Waals surface area (Å²) in [5.74, 6) is 1.58. The molecule has 0 heterocycles. The lowest BCUT2D eigenvalue weighted by Crippen LogP contribution is -2.44. The molecule has 4 rings (SSSR count). The van der Waals surface area contributed by atoms with E-state index in [1.807, 2.05) is 6.07 Å². The molecule has 2 fully saturated rings. The van der Waals surface area contributed by atoms with Gasteiger partial charge in [-0.05, 0) is 66.5 Å². The number of rotatable bonds is 0. The Hall–Kier alpha value is -1.35. The van der Waals surface area contributed by atoms with E-state index in [4.69, 9.17) is 0 Å². The highest BCUT2D eigenvalue weighted by molar-refractivity contribution is 5.99. The van der Waals surface area contributed by atoms with Gasteiger partial charge in [0.25, 0.3) is 0 Å². The standard InChI is InChI=1S/C18H22O3/c1-18-7-6-12-11-3-2-10(19)8-14(11)16(20)9-13(12)15(18)4-5-17(18)21/h2-3,8,12-13,15,17,19,21H,4-7,9H2,1H3/t12?,13?,15?,17-,18-/m0/s1. The highest BCUT2D eigenvalue weighted by Gasteiger charge is 2.55. The molecule has 1 aromatic rings. The molecule has 0 amide bonds. The molecule has 21 heavy (non-hydrogen) atoms. The maximum absolute atomic E-state index is 12.5. The number of Topliss-reactive ketones (excluding diaryl/α,β-unsaturated/α-hetero) is 1. The topological polar surface area (TPSA) is 57.5 Å². The fourth-order valence-corrected chi connectivity index (χ4v) is 5.36. The van der Waals surface area contributed by atoms with E-state index in [9.17, 15) is 15.0 Å². The molecule has 3 aliphatic carbocycles. The third kappa shape index (κ3) is 1.73. The number of carbonyl (C=O) groups excluding carboxylic acids is 1. The molecule has 3 unspecified atom stereocenters. The number of benzene rings is 1.